The maximum atomic E-state index is 11.9. The molecule has 1 rings (SSSR count). The normalized spacial score (nSPS) is 26.9. The first-order chi connectivity index (χ1) is 7.64. The van der Waals surface area contributed by atoms with Crippen molar-refractivity contribution in [1.82, 2.24) is 4.90 Å². The van der Waals surface area contributed by atoms with Gasteiger partial charge in [0.25, 0.3) is 0 Å². The zero-order valence-corrected chi connectivity index (χ0v) is 10.9. The molecular weight excluding hydrogens is 246 g/mol. The van der Waals surface area contributed by atoms with Gasteiger partial charge in [-0.25, -0.2) is 8.42 Å². The highest BCUT2D eigenvalue weighted by Gasteiger charge is 2.39. The second kappa shape index (κ2) is 4.64. The van der Waals surface area contributed by atoms with Crippen molar-refractivity contribution < 1.29 is 23.1 Å². The van der Waals surface area contributed by atoms with Crippen molar-refractivity contribution in [1.29, 1.82) is 0 Å². The summed E-state index contributed by atoms with van der Waals surface area (Å²) in [5, 5.41) is 7.82. The third-order valence-electron chi connectivity index (χ3n) is 3.23. The highest BCUT2D eigenvalue weighted by Crippen LogP contribution is 2.24. The fourth-order valence-electron chi connectivity index (χ4n) is 1.91. The molecule has 3 unspecified atom stereocenters. The third-order valence-corrected chi connectivity index (χ3v) is 4.72. The summed E-state index contributed by atoms with van der Waals surface area (Å²) < 4.78 is 22.5. The van der Waals surface area contributed by atoms with Crippen LogP contribution >= 0.6 is 0 Å². The van der Waals surface area contributed by atoms with Crippen LogP contribution in [0.15, 0.2) is 0 Å². The third kappa shape index (κ3) is 2.96. The molecule has 1 amide bonds. The predicted octanol–water partition coefficient (Wildman–Crippen LogP) is -0.401. The van der Waals surface area contributed by atoms with Crippen LogP contribution in [-0.2, 0) is 19.4 Å². The molecule has 0 saturated carbocycles. The van der Waals surface area contributed by atoms with Gasteiger partial charge >= 0.3 is 5.97 Å². The van der Waals surface area contributed by atoms with E-state index in [0.29, 0.717) is 6.54 Å². The van der Waals surface area contributed by atoms with E-state index >= 15 is 0 Å². The van der Waals surface area contributed by atoms with E-state index in [4.69, 9.17) is 5.11 Å². The van der Waals surface area contributed by atoms with Gasteiger partial charge in [0.05, 0.1) is 5.92 Å². The van der Waals surface area contributed by atoms with Crippen LogP contribution in [-0.4, -0.2) is 54.9 Å². The molecular formula is C10H17NO5S. The van der Waals surface area contributed by atoms with Crippen LogP contribution in [0.4, 0.5) is 0 Å². The quantitative estimate of drug-likeness (QED) is 0.748. The Kier molecular flexibility index (Phi) is 3.81. The molecule has 1 saturated heterocycles. The van der Waals surface area contributed by atoms with Gasteiger partial charge in [0.1, 0.15) is 5.25 Å². The van der Waals surface area contributed by atoms with Gasteiger partial charge in [0, 0.05) is 19.3 Å². The lowest BCUT2D eigenvalue weighted by Gasteiger charge is -2.19. The van der Waals surface area contributed by atoms with Gasteiger partial charge in [0.2, 0.25) is 5.91 Å². The van der Waals surface area contributed by atoms with Crippen molar-refractivity contribution in [3.05, 3.63) is 0 Å². The maximum Gasteiger partial charge on any atom is 0.308 e. The van der Waals surface area contributed by atoms with Crippen LogP contribution in [0.3, 0.4) is 0 Å². The number of carboxylic acids is 1. The molecule has 17 heavy (non-hydrogen) atoms. The average molecular weight is 263 g/mol. The Bertz CT molecular complexity index is 430. The van der Waals surface area contributed by atoms with Gasteiger partial charge in [-0.05, 0) is 12.8 Å². The first-order valence-electron chi connectivity index (χ1n) is 5.35. The number of rotatable bonds is 3. The number of sulfone groups is 1. The van der Waals surface area contributed by atoms with Gasteiger partial charge < -0.3 is 10.0 Å². The molecule has 1 aliphatic rings. The van der Waals surface area contributed by atoms with Crippen molar-refractivity contribution in [2.75, 3.05) is 19.3 Å². The van der Waals surface area contributed by atoms with Gasteiger partial charge in [-0.15, -0.1) is 0 Å². The Hall–Kier alpha value is -1.11. The summed E-state index contributed by atoms with van der Waals surface area (Å²) in [4.78, 5) is 24.1. The van der Waals surface area contributed by atoms with Gasteiger partial charge in [-0.3, -0.25) is 9.59 Å². The molecule has 0 bridgehead atoms. The summed E-state index contributed by atoms with van der Waals surface area (Å²) in [5.41, 5.74) is 0. The Balaban J connectivity index is 2.78. The molecule has 1 aliphatic heterocycles. The smallest absolute Gasteiger partial charge is 0.308 e. The molecule has 6 nitrogen and oxygen atoms in total. The molecule has 0 spiro atoms. The minimum absolute atomic E-state index is 0.0925. The lowest BCUT2D eigenvalue weighted by Crippen LogP contribution is -2.40. The van der Waals surface area contributed by atoms with E-state index < -0.39 is 32.9 Å². The summed E-state index contributed by atoms with van der Waals surface area (Å²) >= 11 is 0. The number of aliphatic carboxylic acids is 1. The van der Waals surface area contributed by atoms with Gasteiger partial charge in [-0.2, -0.15) is 0 Å². The lowest BCUT2D eigenvalue weighted by molar-refractivity contribution is -0.142. The van der Waals surface area contributed by atoms with Crippen LogP contribution in [0.2, 0.25) is 0 Å². The summed E-state index contributed by atoms with van der Waals surface area (Å²) in [6.07, 6.45) is 1.00. The SMILES string of the molecule is CC1CN(C(=O)C(C)S(C)(=O)=O)CC1C(=O)O. The molecule has 3 atom stereocenters. The molecule has 0 aromatic rings. The lowest BCUT2D eigenvalue weighted by atomic mass is 9.99. The van der Waals surface area contributed by atoms with E-state index in [1.165, 1.54) is 11.8 Å². The topological polar surface area (TPSA) is 91.8 Å². The van der Waals surface area contributed by atoms with E-state index in [9.17, 15) is 18.0 Å². The number of likely N-dealkylation sites (tertiary alicyclic amines) is 1. The van der Waals surface area contributed by atoms with Crippen molar-refractivity contribution in [3.8, 4) is 0 Å². The van der Waals surface area contributed by atoms with Crippen LogP contribution in [0.1, 0.15) is 13.8 Å². The minimum Gasteiger partial charge on any atom is -0.481 e. The van der Waals surface area contributed by atoms with Crippen LogP contribution in [0.5, 0.6) is 0 Å². The Morgan fingerprint density at radius 2 is 1.88 bits per heavy atom. The molecule has 0 aromatic heterocycles. The van der Waals surface area contributed by atoms with E-state index in [0.717, 1.165) is 6.26 Å². The number of nitrogens with zero attached hydrogens (tertiary/aromatic N) is 1. The van der Waals surface area contributed by atoms with E-state index in [-0.39, 0.29) is 12.5 Å². The van der Waals surface area contributed by atoms with Gasteiger partial charge in [-0.1, -0.05) is 6.92 Å². The van der Waals surface area contributed by atoms with Gasteiger partial charge in [0.15, 0.2) is 9.84 Å². The zero-order valence-electron chi connectivity index (χ0n) is 10.1. The second-order valence-corrected chi connectivity index (χ2v) is 7.00. The van der Waals surface area contributed by atoms with Crippen LogP contribution < -0.4 is 0 Å². The summed E-state index contributed by atoms with van der Waals surface area (Å²) in [6, 6.07) is 0. The Morgan fingerprint density at radius 1 is 1.35 bits per heavy atom. The number of hydrogen-bond donors (Lipinski definition) is 1. The zero-order chi connectivity index (χ0) is 13.4. The highest BCUT2D eigenvalue weighted by atomic mass is 32.2. The summed E-state index contributed by atoms with van der Waals surface area (Å²) in [5.74, 6) is -2.21. The van der Waals surface area contributed by atoms with Crippen LogP contribution in [0, 0.1) is 11.8 Å². The van der Waals surface area contributed by atoms with Crippen molar-refractivity contribution in [2.24, 2.45) is 11.8 Å². The van der Waals surface area contributed by atoms with E-state index in [2.05, 4.69) is 0 Å². The van der Waals surface area contributed by atoms with Crippen molar-refractivity contribution in [3.63, 3.8) is 0 Å². The number of amides is 1. The largest absolute Gasteiger partial charge is 0.481 e. The molecule has 1 fully saturated rings. The molecule has 1 heterocycles. The summed E-state index contributed by atoms with van der Waals surface area (Å²) in [7, 11) is -3.43. The molecule has 0 aromatic carbocycles. The number of carboxylic acid groups (broad SMARTS) is 1. The predicted molar refractivity (Wildman–Crippen MR) is 61.2 cm³/mol. The number of hydrogen-bond acceptors (Lipinski definition) is 4. The highest BCUT2D eigenvalue weighted by molar-refractivity contribution is 7.92. The molecule has 1 N–H and O–H groups in total. The number of carbonyl (C=O) groups excluding carboxylic acids is 1. The fourth-order valence-corrected chi connectivity index (χ4v) is 2.42. The molecule has 98 valence electrons. The Labute approximate surface area is 101 Å². The monoisotopic (exact) mass is 263 g/mol. The first kappa shape index (κ1) is 14.0. The minimum atomic E-state index is -3.43. The molecule has 7 heteroatoms. The molecule has 0 radical (unpaired) electrons. The Morgan fingerprint density at radius 3 is 2.24 bits per heavy atom. The maximum absolute atomic E-state index is 11.9. The average Bonchev–Trinajstić information content (AvgIpc) is 2.56. The second-order valence-electron chi connectivity index (χ2n) is 4.64. The van der Waals surface area contributed by atoms with Crippen molar-refractivity contribution in [2.45, 2.75) is 19.1 Å². The molecule has 0 aliphatic carbocycles. The van der Waals surface area contributed by atoms with Crippen molar-refractivity contribution >= 4 is 21.7 Å². The standard InChI is InChI=1S/C10H17NO5S/c1-6-4-11(5-8(6)10(13)14)9(12)7(2)17(3,15)16/h6-8H,4-5H2,1-3H3,(H,13,14). The van der Waals surface area contributed by atoms with E-state index in [1.54, 1.807) is 6.92 Å². The van der Waals surface area contributed by atoms with E-state index in [1.807, 2.05) is 0 Å². The fraction of sp³-hybridized carbons (Fsp3) is 0.800. The first-order valence-corrected chi connectivity index (χ1v) is 7.30. The summed E-state index contributed by atoms with van der Waals surface area (Å²) in [6.45, 7) is 3.47. The van der Waals surface area contributed by atoms with Crippen LogP contribution in [0.25, 0.3) is 0 Å². The number of carbonyl (C=O) groups is 2.